The Balaban J connectivity index is 2.08. The number of fused-ring (bicyclic) bond motifs is 1. The summed E-state index contributed by atoms with van der Waals surface area (Å²) in [6.07, 6.45) is 7.55. The topological polar surface area (TPSA) is 100 Å². The Morgan fingerprint density at radius 1 is 1.24 bits per heavy atom. The molecule has 0 unspecified atom stereocenters. The largest absolute Gasteiger partial charge is 0.369 e. The van der Waals surface area contributed by atoms with E-state index in [-0.39, 0.29) is 0 Å². The first-order valence-electron chi connectivity index (χ1n) is 6.75. The van der Waals surface area contributed by atoms with Crippen LogP contribution in [0, 0.1) is 0 Å². The predicted octanol–water partition coefficient (Wildman–Crippen LogP) is 0.512. The van der Waals surface area contributed by atoms with Crippen molar-refractivity contribution in [3.8, 4) is 0 Å². The maximum Gasteiger partial charge on any atom is 0.208 e. The minimum atomic E-state index is -3.17. The van der Waals surface area contributed by atoms with Crippen molar-refractivity contribution < 1.29 is 8.42 Å². The average Bonchev–Trinajstić information content (AvgIpc) is 2.88. The molecule has 2 heterocycles. The van der Waals surface area contributed by atoms with E-state index in [9.17, 15) is 8.42 Å². The van der Waals surface area contributed by atoms with Crippen LogP contribution in [0.5, 0.6) is 0 Å². The van der Waals surface area contributed by atoms with Crippen LogP contribution in [-0.2, 0) is 10.0 Å². The van der Waals surface area contributed by atoms with Crippen LogP contribution in [-0.4, -0.2) is 48.7 Å². The zero-order valence-corrected chi connectivity index (χ0v) is 12.9. The number of hydrogen-bond donors (Lipinski definition) is 3. The summed E-state index contributed by atoms with van der Waals surface area (Å²) < 4.78 is 26.3. The van der Waals surface area contributed by atoms with Crippen LogP contribution in [0.4, 0.5) is 11.6 Å². The van der Waals surface area contributed by atoms with Crippen LogP contribution in [0.2, 0.25) is 0 Å². The third kappa shape index (κ3) is 4.57. The van der Waals surface area contributed by atoms with Gasteiger partial charge in [0, 0.05) is 32.0 Å². The van der Waals surface area contributed by atoms with Crippen molar-refractivity contribution in [2.75, 3.05) is 36.5 Å². The fraction of sp³-hybridized carbons (Fsp3) is 0.500. The molecule has 0 aliphatic heterocycles. The molecule has 0 spiro atoms. The molecular formula is C12H20N6O2S. The van der Waals surface area contributed by atoms with Crippen molar-refractivity contribution in [3.63, 3.8) is 0 Å². The Kier molecular flexibility index (Phi) is 4.97. The van der Waals surface area contributed by atoms with E-state index in [4.69, 9.17) is 0 Å². The second-order valence-corrected chi connectivity index (χ2v) is 6.49. The number of anilines is 2. The number of hydrogen-bond acceptors (Lipinski definition) is 6. The molecule has 0 saturated carbocycles. The molecule has 2 rings (SSSR count). The van der Waals surface area contributed by atoms with Crippen LogP contribution < -0.4 is 15.4 Å². The van der Waals surface area contributed by atoms with Gasteiger partial charge in [-0.05, 0) is 6.42 Å². The summed E-state index contributed by atoms with van der Waals surface area (Å²) in [7, 11) is -3.17. The van der Waals surface area contributed by atoms with Crippen molar-refractivity contribution in [3.05, 3.63) is 18.6 Å². The SMILES string of the molecule is CCCNc1cn2ccnc2c(NCCNS(C)(=O)=O)n1. The standard InChI is InChI=1S/C12H20N6O2S/c1-3-4-13-10-9-18-8-7-15-12(18)11(17-10)14-5-6-16-21(2,19)20/h7-9,13,16H,3-6H2,1-2H3,(H,14,17). The molecule has 2 aromatic rings. The van der Waals surface area contributed by atoms with Gasteiger partial charge in [0.15, 0.2) is 11.5 Å². The van der Waals surface area contributed by atoms with E-state index in [1.54, 1.807) is 6.20 Å². The Bertz CT molecular complexity index is 697. The van der Waals surface area contributed by atoms with E-state index in [0.29, 0.717) is 24.6 Å². The molecule has 0 aliphatic carbocycles. The normalized spacial score (nSPS) is 11.7. The lowest BCUT2D eigenvalue weighted by Gasteiger charge is -2.10. The molecule has 0 aliphatic rings. The Morgan fingerprint density at radius 3 is 2.76 bits per heavy atom. The maximum absolute atomic E-state index is 11.0. The van der Waals surface area contributed by atoms with Gasteiger partial charge in [-0.25, -0.2) is 23.1 Å². The second kappa shape index (κ2) is 6.72. The fourth-order valence-electron chi connectivity index (χ4n) is 1.81. The van der Waals surface area contributed by atoms with Crippen molar-refractivity contribution in [1.29, 1.82) is 0 Å². The highest BCUT2D eigenvalue weighted by atomic mass is 32.2. The third-order valence-electron chi connectivity index (χ3n) is 2.71. The highest BCUT2D eigenvalue weighted by Crippen LogP contribution is 2.15. The highest BCUT2D eigenvalue weighted by Gasteiger charge is 2.07. The number of nitrogens with one attached hydrogen (secondary N) is 3. The van der Waals surface area contributed by atoms with Gasteiger partial charge in [0.2, 0.25) is 10.0 Å². The molecule has 0 fully saturated rings. The molecule has 0 atom stereocenters. The van der Waals surface area contributed by atoms with E-state index in [2.05, 4.69) is 32.2 Å². The smallest absolute Gasteiger partial charge is 0.208 e. The maximum atomic E-state index is 11.0. The average molecular weight is 312 g/mol. The first-order valence-corrected chi connectivity index (χ1v) is 8.65. The van der Waals surface area contributed by atoms with Crippen molar-refractivity contribution in [2.24, 2.45) is 0 Å². The summed E-state index contributed by atoms with van der Waals surface area (Å²) in [4.78, 5) is 8.70. The number of rotatable bonds is 8. The molecule has 0 saturated heterocycles. The molecular weight excluding hydrogens is 292 g/mol. The summed E-state index contributed by atoms with van der Waals surface area (Å²) in [6, 6.07) is 0. The van der Waals surface area contributed by atoms with Gasteiger partial charge in [0.05, 0.1) is 12.5 Å². The van der Waals surface area contributed by atoms with E-state index < -0.39 is 10.0 Å². The Labute approximate surface area is 124 Å². The predicted molar refractivity (Wildman–Crippen MR) is 83.1 cm³/mol. The zero-order valence-electron chi connectivity index (χ0n) is 12.1. The molecule has 9 heteroatoms. The third-order valence-corrected chi connectivity index (χ3v) is 3.44. The van der Waals surface area contributed by atoms with Gasteiger partial charge in [0.1, 0.15) is 5.82 Å². The number of nitrogens with zero attached hydrogens (tertiary/aromatic N) is 3. The lowest BCUT2D eigenvalue weighted by Crippen LogP contribution is -2.28. The van der Waals surface area contributed by atoms with Crippen molar-refractivity contribution in [1.82, 2.24) is 19.1 Å². The lowest BCUT2D eigenvalue weighted by molar-refractivity contribution is 0.589. The highest BCUT2D eigenvalue weighted by molar-refractivity contribution is 7.88. The van der Waals surface area contributed by atoms with Crippen molar-refractivity contribution in [2.45, 2.75) is 13.3 Å². The number of sulfonamides is 1. The molecule has 0 amide bonds. The van der Waals surface area contributed by atoms with Crippen LogP contribution in [0.25, 0.3) is 5.65 Å². The molecule has 0 bridgehead atoms. The lowest BCUT2D eigenvalue weighted by atomic mass is 10.4. The Morgan fingerprint density at radius 2 is 2.05 bits per heavy atom. The minimum Gasteiger partial charge on any atom is -0.369 e. The first kappa shape index (κ1) is 15.5. The summed E-state index contributed by atoms with van der Waals surface area (Å²) in [5.41, 5.74) is 0.705. The van der Waals surface area contributed by atoms with E-state index in [1.807, 2.05) is 16.8 Å². The zero-order chi connectivity index (χ0) is 15.3. The Hall–Kier alpha value is -1.87. The molecule has 8 nitrogen and oxygen atoms in total. The summed E-state index contributed by atoms with van der Waals surface area (Å²) in [6.45, 7) is 3.64. The molecule has 0 radical (unpaired) electrons. The first-order chi connectivity index (χ1) is 9.99. The quantitative estimate of drug-likeness (QED) is 0.614. The van der Waals surface area contributed by atoms with Crippen LogP contribution in [0.1, 0.15) is 13.3 Å². The van der Waals surface area contributed by atoms with E-state index in [1.165, 1.54) is 0 Å². The minimum absolute atomic E-state index is 0.292. The van der Waals surface area contributed by atoms with Gasteiger partial charge in [-0.1, -0.05) is 6.92 Å². The number of aromatic nitrogens is 3. The monoisotopic (exact) mass is 312 g/mol. The van der Waals surface area contributed by atoms with Gasteiger partial charge in [-0.3, -0.25) is 0 Å². The number of imidazole rings is 1. The summed E-state index contributed by atoms with van der Waals surface area (Å²) in [5, 5.41) is 6.32. The van der Waals surface area contributed by atoms with Gasteiger partial charge in [0.25, 0.3) is 0 Å². The van der Waals surface area contributed by atoms with Crippen LogP contribution >= 0.6 is 0 Å². The van der Waals surface area contributed by atoms with Gasteiger partial charge < -0.3 is 15.0 Å². The van der Waals surface area contributed by atoms with Gasteiger partial charge >= 0.3 is 0 Å². The molecule has 0 aromatic carbocycles. The van der Waals surface area contributed by atoms with E-state index >= 15 is 0 Å². The molecule has 21 heavy (non-hydrogen) atoms. The fourth-order valence-corrected chi connectivity index (χ4v) is 2.28. The van der Waals surface area contributed by atoms with Crippen LogP contribution in [0.3, 0.4) is 0 Å². The van der Waals surface area contributed by atoms with Gasteiger partial charge in [-0.2, -0.15) is 0 Å². The summed E-state index contributed by atoms with van der Waals surface area (Å²) >= 11 is 0. The van der Waals surface area contributed by atoms with Crippen molar-refractivity contribution >= 4 is 27.3 Å². The molecule has 3 N–H and O–H groups in total. The van der Waals surface area contributed by atoms with Crippen LogP contribution in [0.15, 0.2) is 18.6 Å². The van der Waals surface area contributed by atoms with E-state index in [0.717, 1.165) is 25.0 Å². The second-order valence-electron chi connectivity index (χ2n) is 4.65. The molecule has 116 valence electrons. The van der Waals surface area contributed by atoms with Gasteiger partial charge in [-0.15, -0.1) is 0 Å². The summed E-state index contributed by atoms with van der Waals surface area (Å²) in [5.74, 6) is 1.37. The molecule has 2 aromatic heterocycles.